The molecule has 2 N–H and O–H groups in total. The first kappa shape index (κ1) is 10.4. The van der Waals surface area contributed by atoms with Gasteiger partial charge in [0.1, 0.15) is 11.9 Å². The summed E-state index contributed by atoms with van der Waals surface area (Å²) >= 11 is 0. The third-order valence-electron chi connectivity index (χ3n) is 3.02. The summed E-state index contributed by atoms with van der Waals surface area (Å²) in [6.07, 6.45) is 1.42. The molecule has 18 heavy (non-hydrogen) atoms. The number of anilines is 2. The van der Waals surface area contributed by atoms with Gasteiger partial charge < -0.3 is 15.3 Å². The molecular weight excluding hydrogens is 230 g/mol. The van der Waals surface area contributed by atoms with Crippen LogP contribution >= 0.6 is 0 Å². The number of nitriles is 1. The van der Waals surface area contributed by atoms with Crippen molar-refractivity contribution in [1.29, 1.82) is 5.26 Å². The third-order valence-corrected chi connectivity index (χ3v) is 3.02. The van der Waals surface area contributed by atoms with Crippen LogP contribution in [0, 0.1) is 11.3 Å². The van der Waals surface area contributed by atoms with Crippen LogP contribution in [0.2, 0.25) is 0 Å². The molecule has 2 aliphatic rings. The molecule has 0 spiro atoms. The summed E-state index contributed by atoms with van der Waals surface area (Å²) in [5.41, 5.74) is 2.34. The Morgan fingerprint density at radius 3 is 2.94 bits per heavy atom. The van der Waals surface area contributed by atoms with E-state index >= 15 is 0 Å². The molecule has 0 saturated carbocycles. The minimum atomic E-state index is -0.994. The van der Waals surface area contributed by atoms with E-state index in [1.807, 2.05) is 35.2 Å². The number of aliphatic carboxylic acids is 1. The van der Waals surface area contributed by atoms with Crippen molar-refractivity contribution in [2.75, 3.05) is 16.8 Å². The number of carbonyl (C=O) groups is 1. The van der Waals surface area contributed by atoms with Crippen LogP contribution in [0.5, 0.6) is 0 Å². The molecule has 2 heterocycles. The molecule has 0 amide bonds. The summed E-state index contributed by atoms with van der Waals surface area (Å²) < 4.78 is 0. The van der Waals surface area contributed by atoms with Gasteiger partial charge in [0.05, 0.1) is 29.1 Å². The molecule has 0 bridgehead atoms. The number of benzene rings is 1. The van der Waals surface area contributed by atoms with E-state index in [-0.39, 0.29) is 12.1 Å². The number of para-hydroxylation sites is 2. The molecule has 1 aromatic rings. The van der Waals surface area contributed by atoms with Gasteiger partial charge in [-0.25, -0.2) is 4.79 Å². The number of allylic oxidation sites excluding steroid dienone is 2. The van der Waals surface area contributed by atoms with Crippen LogP contribution in [0.3, 0.4) is 0 Å². The van der Waals surface area contributed by atoms with Crippen molar-refractivity contribution in [2.24, 2.45) is 0 Å². The van der Waals surface area contributed by atoms with Crippen LogP contribution in [0.4, 0.5) is 11.4 Å². The van der Waals surface area contributed by atoms with E-state index in [9.17, 15) is 4.79 Å². The number of rotatable bonds is 1. The highest BCUT2D eigenvalue weighted by molar-refractivity contribution is 5.93. The Hall–Kier alpha value is -2.74. The predicted molar refractivity (Wildman–Crippen MR) is 65.8 cm³/mol. The van der Waals surface area contributed by atoms with Gasteiger partial charge in [0, 0.05) is 0 Å². The van der Waals surface area contributed by atoms with E-state index in [1.54, 1.807) is 0 Å². The molecular formula is C13H9N3O2. The number of carboxylic acids is 1. The fourth-order valence-electron chi connectivity index (χ4n) is 2.18. The zero-order chi connectivity index (χ0) is 12.7. The van der Waals surface area contributed by atoms with Gasteiger partial charge >= 0.3 is 5.97 Å². The number of carboxylic acid groups (broad SMARTS) is 1. The topological polar surface area (TPSA) is 76.4 Å². The van der Waals surface area contributed by atoms with Crippen molar-refractivity contribution >= 4 is 17.3 Å². The molecule has 0 radical (unpaired) electrons. The van der Waals surface area contributed by atoms with Gasteiger partial charge in [-0.1, -0.05) is 12.1 Å². The van der Waals surface area contributed by atoms with E-state index in [0.29, 0.717) is 11.4 Å². The Morgan fingerprint density at radius 2 is 2.22 bits per heavy atom. The van der Waals surface area contributed by atoms with Gasteiger partial charge in [0.25, 0.3) is 0 Å². The number of hydrogen-bond acceptors (Lipinski definition) is 4. The van der Waals surface area contributed by atoms with E-state index in [1.165, 1.54) is 6.08 Å². The molecule has 0 saturated heterocycles. The molecule has 2 aliphatic heterocycles. The smallest absolute Gasteiger partial charge is 0.333 e. The van der Waals surface area contributed by atoms with Gasteiger partial charge in [-0.2, -0.15) is 5.26 Å². The van der Waals surface area contributed by atoms with Crippen LogP contribution < -0.4 is 10.2 Å². The number of nitrogens with zero attached hydrogens (tertiary/aromatic N) is 2. The Balaban J connectivity index is 2.14. The molecule has 3 rings (SSSR count). The normalized spacial score (nSPS) is 16.4. The molecule has 0 atom stereocenters. The van der Waals surface area contributed by atoms with Crippen molar-refractivity contribution < 1.29 is 9.90 Å². The van der Waals surface area contributed by atoms with Crippen molar-refractivity contribution in [3.8, 4) is 6.07 Å². The van der Waals surface area contributed by atoms with Crippen LogP contribution in [-0.4, -0.2) is 17.6 Å². The molecule has 88 valence electrons. The maximum atomic E-state index is 11.1. The van der Waals surface area contributed by atoms with Crippen LogP contribution in [0.15, 0.2) is 47.3 Å². The molecule has 0 unspecified atom stereocenters. The minimum Gasteiger partial charge on any atom is -0.478 e. The molecule has 5 heteroatoms. The Labute approximate surface area is 103 Å². The second kappa shape index (κ2) is 3.64. The SMILES string of the molecule is N#CC1=C2Nc3ccccc3N2CC(C(=O)O)=C1. The number of nitrogens with one attached hydrogen (secondary N) is 1. The highest BCUT2D eigenvalue weighted by atomic mass is 16.4. The summed E-state index contributed by atoms with van der Waals surface area (Å²) in [6.45, 7) is 0.264. The lowest BCUT2D eigenvalue weighted by atomic mass is 10.1. The highest BCUT2D eigenvalue weighted by Gasteiger charge is 2.31. The first-order valence-electron chi connectivity index (χ1n) is 5.42. The minimum absolute atomic E-state index is 0.216. The zero-order valence-electron chi connectivity index (χ0n) is 9.34. The average molecular weight is 239 g/mol. The highest BCUT2D eigenvalue weighted by Crippen LogP contribution is 2.39. The van der Waals surface area contributed by atoms with E-state index in [0.717, 1.165) is 11.4 Å². The van der Waals surface area contributed by atoms with Gasteiger partial charge in [0.2, 0.25) is 0 Å². The lowest BCUT2D eigenvalue weighted by Gasteiger charge is -2.24. The predicted octanol–water partition coefficient (Wildman–Crippen LogP) is 1.68. The zero-order valence-corrected chi connectivity index (χ0v) is 9.34. The van der Waals surface area contributed by atoms with Crippen LogP contribution in [0.1, 0.15) is 0 Å². The van der Waals surface area contributed by atoms with Crippen LogP contribution in [-0.2, 0) is 4.79 Å². The van der Waals surface area contributed by atoms with Gasteiger partial charge in [0.15, 0.2) is 0 Å². The summed E-state index contributed by atoms with van der Waals surface area (Å²) in [5.74, 6) is -0.338. The van der Waals surface area contributed by atoms with Crippen molar-refractivity contribution in [1.82, 2.24) is 0 Å². The maximum absolute atomic E-state index is 11.1. The second-order valence-corrected chi connectivity index (χ2v) is 4.08. The fourth-order valence-corrected chi connectivity index (χ4v) is 2.18. The standard InChI is InChI=1S/C13H9N3O2/c14-6-8-5-9(13(17)18)7-16-11-4-2-1-3-10(11)15-12(8)16/h1-5,15H,7H2,(H,17,18). The maximum Gasteiger partial charge on any atom is 0.333 e. The monoisotopic (exact) mass is 239 g/mol. The number of fused-ring (bicyclic) bond motifs is 3. The fraction of sp³-hybridized carbons (Fsp3) is 0.0769. The number of hydrogen-bond donors (Lipinski definition) is 2. The summed E-state index contributed by atoms with van der Waals surface area (Å²) in [4.78, 5) is 12.9. The van der Waals surface area contributed by atoms with Gasteiger partial charge in [-0.15, -0.1) is 0 Å². The molecule has 0 aromatic heterocycles. The van der Waals surface area contributed by atoms with Crippen molar-refractivity contribution in [2.45, 2.75) is 0 Å². The first-order valence-corrected chi connectivity index (χ1v) is 5.42. The van der Waals surface area contributed by atoms with Gasteiger partial charge in [-0.3, -0.25) is 0 Å². The Kier molecular flexibility index (Phi) is 2.10. The second-order valence-electron chi connectivity index (χ2n) is 4.08. The first-order chi connectivity index (χ1) is 8.70. The lowest BCUT2D eigenvalue weighted by Crippen LogP contribution is -2.30. The summed E-state index contributed by atoms with van der Waals surface area (Å²) in [7, 11) is 0. The summed E-state index contributed by atoms with van der Waals surface area (Å²) in [5, 5.41) is 21.3. The van der Waals surface area contributed by atoms with Crippen molar-refractivity contribution in [3.63, 3.8) is 0 Å². The molecule has 0 fully saturated rings. The average Bonchev–Trinajstić information content (AvgIpc) is 2.76. The molecule has 0 aliphatic carbocycles. The lowest BCUT2D eigenvalue weighted by molar-refractivity contribution is -0.132. The Morgan fingerprint density at radius 1 is 1.44 bits per heavy atom. The van der Waals surface area contributed by atoms with Crippen LogP contribution in [0.25, 0.3) is 0 Å². The quantitative estimate of drug-likeness (QED) is 0.779. The van der Waals surface area contributed by atoms with Gasteiger partial charge in [-0.05, 0) is 18.2 Å². The Bertz CT molecular complexity index is 652. The van der Waals surface area contributed by atoms with E-state index in [2.05, 4.69) is 5.32 Å². The largest absolute Gasteiger partial charge is 0.478 e. The van der Waals surface area contributed by atoms with E-state index < -0.39 is 5.97 Å². The molecule has 5 nitrogen and oxygen atoms in total. The molecule has 1 aromatic carbocycles. The summed E-state index contributed by atoms with van der Waals surface area (Å²) in [6, 6.07) is 9.60. The van der Waals surface area contributed by atoms with Crippen molar-refractivity contribution in [3.05, 3.63) is 47.3 Å². The third kappa shape index (κ3) is 1.36. The van der Waals surface area contributed by atoms with E-state index in [4.69, 9.17) is 10.4 Å².